The Balaban J connectivity index is 1.50. The molecule has 0 bridgehead atoms. The van der Waals surface area contributed by atoms with Crippen LogP contribution in [0.25, 0.3) is 11.2 Å². The highest BCUT2D eigenvalue weighted by atomic mass is 16.4. The SMILES string of the molecule is Nc1ncnc2c1ncn2CC(=O)NC(Cc1ccccc1)C(=O)NC(Cc1ccccc1)C(=O)O. The van der Waals surface area contributed by atoms with Gasteiger partial charge >= 0.3 is 5.97 Å². The van der Waals surface area contributed by atoms with E-state index in [0.717, 1.165) is 11.1 Å². The maximum Gasteiger partial charge on any atom is 0.326 e. The first-order valence-corrected chi connectivity index (χ1v) is 11.2. The van der Waals surface area contributed by atoms with Crippen molar-refractivity contribution in [2.75, 3.05) is 5.73 Å². The second kappa shape index (κ2) is 11.1. The number of nitrogen functional groups attached to an aromatic ring is 1. The summed E-state index contributed by atoms with van der Waals surface area (Å²) < 4.78 is 1.50. The zero-order chi connectivity index (χ0) is 25.5. The summed E-state index contributed by atoms with van der Waals surface area (Å²) in [6.45, 7) is -0.169. The first-order chi connectivity index (χ1) is 17.4. The fourth-order valence-corrected chi connectivity index (χ4v) is 3.79. The van der Waals surface area contributed by atoms with Crippen molar-refractivity contribution in [1.82, 2.24) is 30.2 Å². The van der Waals surface area contributed by atoms with E-state index < -0.39 is 29.9 Å². The first-order valence-electron chi connectivity index (χ1n) is 11.2. The van der Waals surface area contributed by atoms with Crippen molar-refractivity contribution >= 4 is 34.8 Å². The largest absolute Gasteiger partial charge is 0.480 e. The van der Waals surface area contributed by atoms with Crippen molar-refractivity contribution in [3.8, 4) is 0 Å². The highest BCUT2D eigenvalue weighted by Crippen LogP contribution is 2.14. The average molecular weight is 488 g/mol. The fraction of sp³-hybridized carbons (Fsp3) is 0.200. The third kappa shape index (κ3) is 6.00. The summed E-state index contributed by atoms with van der Waals surface area (Å²) in [4.78, 5) is 50.1. The van der Waals surface area contributed by atoms with Gasteiger partial charge in [0.05, 0.1) is 6.33 Å². The molecule has 0 aliphatic rings. The van der Waals surface area contributed by atoms with E-state index >= 15 is 0 Å². The molecular formula is C25H25N7O4. The van der Waals surface area contributed by atoms with Gasteiger partial charge in [0, 0.05) is 12.8 Å². The van der Waals surface area contributed by atoms with E-state index in [-0.39, 0.29) is 25.2 Å². The second-order valence-electron chi connectivity index (χ2n) is 8.20. The van der Waals surface area contributed by atoms with Crippen LogP contribution in [0.4, 0.5) is 5.82 Å². The highest BCUT2D eigenvalue weighted by Gasteiger charge is 2.27. The molecule has 2 unspecified atom stereocenters. The van der Waals surface area contributed by atoms with E-state index in [0.29, 0.717) is 11.2 Å². The van der Waals surface area contributed by atoms with Crippen molar-refractivity contribution in [1.29, 1.82) is 0 Å². The number of hydrogen-bond donors (Lipinski definition) is 4. The zero-order valence-corrected chi connectivity index (χ0v) is 19.2. The van der Waals surface area contributed by atoms with Gasteiger partial charge in [0.2, 0.25) is 11.8 Å². The molecule has 5 N–H and O–H groups in total. The van der Waals surface area contributed by atoms with Gasteiger partial charge in [-0.15, -0.1) is 0 Å². The number of hydrogen-bond acceptors (Lipinski definition) is 7. The average Bonchev–Trinajstić information content (AvgIpc) is 3.28. The van der Waals surface area contributed by atoms with Gasteiger partial charge < -0.3 is 26.0 Å². The monoisotopic (exact) mass is 487 g/mol. The lowest BCUT2D eigenvalue weighted by atomic mass is 10.0. The number of imidazole rings is 1. The van der Waals surface area contributed by atoms with Crippen LogP contribution in [0.15, 0.2) is 73.3 Å². The quantitative estimate of drug-likeness (QED) is 0.257. The number of fused-ring (bicyclic) bond motifs is 1. The number of nitrogens with two attached hydrogens (primary N) is 1. The summed E-state index contributed by atoms with van der Waals surface area (Å²) in [6.07, 6.45) is 2.98. The topological polar surface area (TPSA) is 165 Å². The predicted octanol–water partition coefficient (Wildman–Crippen LogP) is 0.948. The van der Waals surface area contributed by atoms with Crippen LogP contribution in [0.2, 0.25) is 0 Å². The number of nitrogens with zero attached hydrogens (tertiary/aromatic N) is 4. The lowest BCUT2D eigenvalue weighted by Crippen LogP contribution is -2.53. The molecule has 11 nitrogen and oxygen atoms in total. The van der Waals surface area contributed by atoms with Crippen LogP contribution in [0.1, 0.15) is 11.1 Å². The number of rotatable bonds is 10. The Morgan fingerprint density at radius 3 is 2.08 bits per heavy atom. The Morgan fingerprint density at radius 2 is 1.47 bits per heavy atom. The molecule has 184 valence electrons. The number of carboxylic acids is 1. The molecule has 0 fully saturated rings. The molecular weight excluding hydrogens is 462 g/mol. The Bertz CT molecular complexity index is 1360. The molecule has 0 radical (unpaired) electrons. The molecule has 4 aromatic rings. The Morgan fingerprint density at radius 1 is 0.861 bits per heavy atom. The van der Waals surface area contributed by atoms with Crippen LogP contribution < -0.4 is 16.4 Å². The van der Waals surface area contributed by atoms with Gasteiger partial charge in [-0.2, -0.15) is 0 Å². The number of aromatic nitrogens is 4. The van der Waals surface area contributed by atoms with E-state index in [1.54, 1.807) is 24.3 Å². The molecule has 36 heavy (non-hydrogen) atoms. The van der Waals surface area contributed by atoms with Gasteiger partial charge in [0.15, 0.2) is 11.5 Å². The standard InChI is InChI=1S/C25H25N7O4/c26-22-21-23(28-14-27-22)32(15-29-21)13-20(33)30-18(11-16-7-3-1-4-8-16)24(34)31-19(25(35)36)12-17-9-5-2-6-10-17/h1-10,14-15,18-19H,11-13H2,(H,30,33)(H,31,34)(H,35,36)(H2,26,27,28). The van der Waals surface area contributed by atoms with Crippen molar-refractivity contribution < 1.29 is 19.5 Å². The number of aliphatic carboxylic acids is 1. The van der Waals surface area contributed by atoms with Gasteiger partial charge in [-0.1, -0.05) is 60.7 Å². The Labute approximate surface area is 206 Å². The van der Waals surface area contributed by atoms with Crippen LogP contribution in [0, 0.1) is 0 Å². The van der Waals surface area contributed by atoms with Crippen LogP contribution in [0.5, 0.6) is 0 Å². The van der Waals surface area contributed by atoms with E-state index in [9.17, 15) is 19.5 Å². The molecule has 2 amide bonds. The number of carboxylic acid groups (broad SMARTS) is 1. The summed E-state index contributed by atoms with van der Waals surface area (Å²) in [7, 11) is 0. The van der Waals surface area contributed by atoms with Gasteiger partial charge in [-0.25, -0.2) is 19.7 Å². The van der Waals surface area contributed by atoms with Gasteiger partial charge in [0.25, 0.3) is 0 Å². The minimum Gasteiger partial charge on any atom is -0.480 e. The van der Waals surface area contributed by atoms with Gasteiger partial charge in [-0.3, -0.25) is 9.59 Å². The molecule has 0 aliphatic carbocycles. The number of benzene rings is 2. The lowest BCUT2D eigenvalue weighted by molar-refractivity contribution is -0.142. The fourth-order valence-electron chi connectivity index (χ4n) is 3.79. The molecule has 0 aliphatic heterocycles. The third-order valence-corrected chi connectivity index (χ3v) is 5.58. The van der Waals surface area contributed by atoms with E-state index in [4.69, 9.17) is 5.73 Å². The minimum absolute atomic E-state index is 0.107. The highest BCUT2D eigenvalue weighted by molar-refractivity contribution is 5.91. The van der Waals surface area contributed by atoms with Crippen LogP contribution in [-0.4, -0.2) is 54.5 Å². The molecule has 11 heteroatoms. The van der Waals surface area contributed by atoms with Crippen molar-refractivity contribution in [2.24, 2.45) is 0 Å². The number of carbonyl (C=O) groups is 3. The summed E-state index contributed by atoms with van der Waals surface area (Å²) in [5.41, 5.74) is 8.13. The number of anilines is 1. The van der Waals surface area contributed by atoms with E-state index in [2.05, 4.69) is 25.6 Å². The van der Waals surface area contributed by atoms with Crippen LogP contribution in [-0.2, 0) is 33.8 Å². The molecule has 0 saturated heterocycles. The minimum atomic E-state index is -1.17. The third-order valence-electron chi connectivity index (χ3n) is 5.58. The smallest absolute Gasteiger partial charge is 0.326 e. The lowest BCUT2D eigenvalue weighted by Gasteiger charge is -2.22. The summed E-state index contributed by atoms with van der Waals surface area (Å²) in [5.74, 6) is -2.05. The van der Waals surface area contributed by atoms with E-state index in [1.807, 2.05) is 36.4 Å². The molecule has 0 saturated carbocycles. The maximum absolute atomic E-state index is 13.2. The van der Waals surface area contributed by atoms with Crippen LogP contribution >= 0.6 is 0 Å². The predicted molar refractivity (Wildman–Crippen MR) is 132 cm³/mol. The molecule has 2 aromatic heterocycles. The summed E-state index contributed by atoms with van der Waals surface area (Å²) in [6, 6.07) is 16.0. The first kappa shape index (κ1) is 24.3. The summed E-state index contributed by atoms with van der Waals surface area (Å²) in [5, 5.41) is 15.0. The molecule has 2 aromatic carbocycles. The zero-order valence-electron chi connectivity index (χ0n) is 19.2. The summed E-state index contributed by atoms with van der Waals surface area (Å²) >= 11 is 0. The van der Waals surface area contributed by atoms with Crippen molar-refractivity contribution in [2.45, 2.75) is 31.5 Å². The van der Waals surface area contributed by atoms with Crippen molar-refractivity contribution in [3.63, 3.8) is 0 Å². The number of amides is 2. The second-order valence-corrected chi connectivity index (χ2v) is 8.20. The Hall–Kier alpha value is -4.80. The molecule has 2 atom stereocenters. The van der Waals surface area contributed by atoms with E-state index in [1.165, 1.54) is 17.2 Å². The van der Waals surface area contributed by atoms with Crippen molar-refractivity contribution in [3.05, 3.63) is 84.4 Å². The normalized spacial score (nSPS) is 12.6. The number of carbonyl (C=O) groups excluding carboxylic acids is 2. The van der Waals surface area contributed by atoms with Crippen LogP contribution in [0.3, 0.4) is 0 Å². The number of nitrogens with one attached hydrogen (secondary N) is 2. The molecule has 2 heterocycles. The Kier molecular flexibility index (Phi) is 7.49. The van der Waals surface area contributed by atoms with Gasteiger partial charge in [-0.05, 0) is 11.1 Å². The molecule has 0 spiro atoms. The maximum atomic E-state index is 13.2. The van der Waals surface area contributed by atoms with Gasteiger partial charge in [0.1, 0.15) is 30.5 Å². The molecule has 4 rings (SSSR count).